The van der Waals surface area contributed by atoms with Crippen LogP contribution in [-0.4, -0.2) is 20.8 Å². The predicted molar refractivity (Wildman–Crippen MR) is 71.7 cm³/mol. The van der Waals surface area contributed by atoms with Crippen molar-refractivity contribution < 1.29 is 5.11 Å². The highest BCUT2D eigenvalue weighted by molar-refractivity contribution is 7.12. The molecule has 2 aromatic heterocycles. The third-order valence-corrected chi connectivity index (χ3v) is 3.44. The summed E-state index contributed by atoms with van der Waals surface area (Å²) in [5.41, 5.74) is -0.0173. The number of aliphatic hydroxyl groups is 1. The molecular formula is C13H14N2O2S. The molecule has 0 aromatic carbocycles. The first-order valence-electron chi connectivity index (χ1n) is 5.61. The summed E-state index contributed by atoms with van der Waals surface area (Å²) in [7, 11) is 1.74. The van der Waals surface area contributed by atoms with E-state index in [4.69, 9.17) is 5.11 Å². The molecule has 18 heavy (non-hydrogen) atoms. The normalized spacial score (nSPS) is 10.1. The van der Waals surface area contributed by atoms with E-state index in [1.165, 1.54) is 0 Å². The van der Waals surface area contributed by atoms with E-state index < -0.39 is 0 Å². The number of hydrogen-bond donors (Lipinski definition) is 1. The number of aryl methyl sites for hydroxylation is 1. The Kier molecular flexibility index (Phi) is 4.03. The number of imidazole rings is 1. The van der Waals surface area contributed by atoms with Crippen molar-refractivity contribution in [2.45, 2.75) is 13.0 Å². The quantitative estimate of drug-likeness (QED) is 0.840. The van der Waals surface area contributed by atoms with E-state index in [9.17, 15) is 4.79 Å². The summed E-state index contributed by atoms with van der Waals surface area (Å²) in [5, 5.41) is 8.64. The van der Waals surface area contributed by atoms with Crippen LogP contribution in [0.5, 0.6) is 0 Å². The standard InChI is InChI=1S/C13H14N2O2S/c1-14-7-8-15(13(14)17)10-12-6-5-11(18-12)4-2-3-9-16/h5-8,16H,3,9-10H2,1H3. The lowest BCUT2D eigenvalue weighted by atomic mass is 10.4. The van der Waals surface area contributed by atoms with Crippen molar-refractivity contribution >= 4 is 11.3 Å². The van der Waals surface area contributed by atoms with Gasteiger partial charge in [-0.3, -0.25) is 4.57 Å². The van der Waals surface area contributed by atoms with Gasteiger partial charge in [0.1, 0.15) is 0 Å². The molecule has 0 saturated heterocycles. The highest BCUT2D eigenvalue weighted by atomic mass is 32.1. The first-order chi connectivity index (χ1) is 8.70. The van der Waals surface area contributed by atoms with E-state index in [0.717, 1.165) is 9.75 Å². The van der Waals surface area contributed by atoms with E-state index in [1.807, 2.05) is 12.1 Å². The Bertz CT molecular complexity index is 640. The number of aromatic nitrogens is 2. The first-order valence-corrected chi connectivity index (χ1v) is 6.42. The Morgan fingerprint density at radius 3 is 2.89 bits per heavy atom. The second-order valence-electron chi connectivity index (χ2n) is 3.86. The summed E-state index contributed by atoms with van der Waals surface area (Å²) in [6, 6.07) is 3.92. The Balaban J connectivity index is 2.10. The van der Waals surface area contributed by atoms with Crippen molar-refractivity contribution in [1.82, 2.24) is 9.13 Å². The van der Waals surface area contributed by atoms with Gasteiger partial charge < -0.3 is 9.67 Å². The zero-order valence-corrected chi connectivity index (χ0v) is 10.9. The van der Waals surface area contributed by atoms with Crippen LogP contribution in [0.3, 0.4) is 0 Å². The average molecular weight is 262 g/mol. The lowest BCUT2D eigenvalue weighted by molar-refractivity contribution is 0.305. The Morgan fingerprint density at radius 1 is 1.39 bits per heavy atom. The van der Waals surface area contributed by atoms with Gasteiger partial charge in [0.25, 0.3) is 0 Å². The fourth-order valence-electron chi connectivity index (χ4n) is 1.53. The molecule has 1 N–H and O–H groups in total. The van der Waals surface area contributed by atoms with Crippen LogP contribution in [-0.2, 0) is 13.6 Å². The number of thiophene rings is 1. The summed E-state index contributed by atoms with van der Waals surface area (Å²) in [5.74, 6) is 5.87. The highest BCUT2D eigenvalue weighted by Crippen LogP contribution is 2.16. The summed E-state index contributed by atoms with van der Waals surface area (Å²) < 4.78 is 3.21. The molecular weight excluding hydrogens is 248 g/mol. The minimum absolute atomic E-state index is 0.0173. The van der Waals surface area contributed by atoms with Crippen LogP contribution >= 0.6 is 11.3 Å². The van der Waals surface area contributed by atoms with Crippen LogP contribution in [0.15, 0.2) is 29.3 Å². The maximum absolute atomic E-state index is 11.7. The zero-order chi connectivity index (χ0) is 13.0. The van der Waals surface area contributed by atoms with Crippen molar-refractivity contribution in [3.8, 4) is 11.8 Å². The zero-order valence-electron chi connectivity index (χ0n) is 10.1. The maximum atomic E-state index is 11.7. The van der Waals surface area contributed by atoms with Gasteiger partial charge in [-0.05, 0) is 12.1 Å². The Labute approximate surface area is 109 Å². The van der Waals surface area contributed by atoms with Gasteiger partial charge in [0, 0.05) is 30.7 Å². The van der Waals surface area contributed by atoms with E-state index in [-0.39, 0.29) is 12.3 Å². The molecule has 0 saturated carbocycles. The number of rotatable bonds is 3. The summed E-state index contributed by atoms with van der Waals surface area (Å²) in [4.78, 5) is 13.7. The van der Waals surface area contributed by atoms with E-state index in [0.29, 0.717) is 13.0 Å². The van der Waals surface area contributed by atoms with Crippen LogP contribution in [0.1, 0.15) is 16.2 Å². The topological polar surface area (TPSA) is 47.2 Å². The molecule has 2 heterocycles. The number of nitrogens with zero attached hydrogens (tertiary/aromatic N) is 2. The molecule has 0 amide bonds. The molecule has 0 radical (unpaired) electrons. The van der Waals surface area contributed by atoms with Gasteiger partial charge in [0.05, 0.1) is 18.0 Å². The van der Waals surface area contributed by atoms with Crippen LogP contribution in [0.4, 0.5) is 0 Å². The molecule has 5 heteroatoms. The minimum Gasteiger partial charge on any atom is -0.395 e. The van der Waals surface area contributed by atoms with Gasteiger partial charge in [-0.1, -0.05) is 11.8 Å². The van der Waals surface area contributed by atoms with Gasteiger partial charge in [0.15, 0.2) is 0 Å². The van der Waals surface area contributed by atoms with Gasteiger partial charge in [-0.15, -0.1) is 11.3 Å². The summed E-state index contributed by atoms with van der Waals surface area (Å²) in [6.07, 6.45) is 4.02. The smallest absolute Gasteiger partial charge is 0.328 e. The fraction of sp³-hybridized carbons (Fsp3) is 0.308. The highest BCUT2D eigenvalue weighted by Gasteiger charge is 2.03. The van der Waals surface area contributed by atoms with Crippen molar-refractivity contribution in [1.29, 1.82) is 0 Å². The molecule has 0 spiro atoms. The third-order valence-electron chi connectivity index (χ3n) is 2.45. The molecule has 0 fully saturated rings. The van der Waals surface area contributed by atoms with E-state index in [2.05, 4.69) is 11.8 Å². The van der Waals surface area contributed by atoms with Crippen molar-refractivity contribution in [3.63, 3.8) is 0 Å². The van der Waals surface area contributed by atoms with E-state index >= 15 is 0 Å². The lowest BCUT2D eigenvalue weighted by Gasteiger charge is -1.96. The van der Waals surface area contributed by atoms with E-state index in [1.54, 1.807) is 39.9 Å². The molecule has 4 nitrogen and oxygen atoms in total. The van der Waals surface area contributed by atoms with Gasteiger partial charge in [-0.2, -0.15) is 0 Å². The summed E-state index contributed by atoms with van der Waals surface area (Å²) in [6.45, 7) is 0.663. The van der Waals surface area contributed by atoms with Gasteiger partial charge in [0.2, 0.25) is 0 Å². The monoisotopic (exact) mass is 262 g/mol. The molecule has 94 valence electrons. The number of hydrogen-bond acceptors (Lipinski definition) is 3. The second-order valence-corrected chi connectivity index (χ2v) is 5.03. The molecule has 0 aliphatic heterocycles. The van der Waals surface area contributed by atoms with Gasteiger partial charge in [-0.25, -0.2) is 4.79 Å². The second kappa shape index (κ2) is 5.71. The predicted octanol–water partition coefficient (Wildman–Crippen LogP) is 1.03. The SMILES string of the molecule is Cn1ccn(Cc2ccc(C#CCCO)s2)c1=O. The third kappa shape index (κ3) is 2.92. The molecule has 0 aliphatic rings. The van der Waals surface area contributed by atoms with Crippen LogP contribution in [0, 0.1) is 11.8 Å². The largest absolute Gasteiger partial charge is 0.395 e. The van der Waals surface area contributed by atoms with Crippen molar-refractivity contribution in [2.24, 2.45) is 7.05 Å². The Hall–Kier alpha value is -1.77. The molecule has 0 aliphatic carbocycles. The van der Waals surface area contributed by atoms with Crippen LogP contribution in [0.2, 0.25) is 0 Å². The van der Waals surface area contributed by atoms with Crippen molar-refractivity contribution in [2.75, 3.05) is 6.61 Å². The molecule has 0 atom stereocenters. The minimum atomic E-state index is -0.0173. The molecule has 0 bridgehead atoms. The maximum Gasteiger partial charge on any atom is 0.328 e. The number of aliphatic hydroxyl groups excluding tert-OH is 1. The Morgan fingerprint density at radius 2 is 2.22 bits per heavy atom. The molecule has 2 rings (SSSR count). The van der Waals surface area contributed by atoms with Crippen molar-refractivity contribution in [3.05, 3.63) is 44.8 Å². The average Bonchev–Trinajstić information content (AvgIpc) is 2.92. The lowest BCUT2D eigenvalue weighted by Crippen LogP contribution is -2.21. The van der Waals surface area contributed by atoms with Crippen LogP contribution in [0.25, 0.3) is 0 Å². The first kappa shape index (κ1) is 12.7. The molecule has 0 unspecified atom stereocenters. The molecule has 2 aromatic rings. The summed E-state index contributed by atoms with van der Waals surface area (Å²) >= 11 is 1.57. The van der Waals surface area contributed by atoms with Gasteiger partial charge >= 0.3 is 5.69 Å². The fourth-order valence-corrected chi connectivity index (χ4v) is 2.42. The van der Waals surface area contributed by atoms with Crippen LogP contribution < -0.4 is 5.69 Å².